The Kier molecular flexibility index (Phi) is 5.20. The van der Waals surface area contributed by atoms with E-state index in [9.17, 15) is 4.79 Å². The van der Waals surface area contributed by atoms with E-state index >= 15 is 0 Å². The Morgan fingerprint density at radius 3 is 2.38 bits per heavy atom. The van der Waals surface area contributed by atoms with Crippen molar-refractivity contribution in [3.63, 3.8) is 0 Å². The molecule has 0 amide bonds. The van der Waals surface area contributed by atoms with Gasteiger partial charge in [-0.2, -0.15) is 0 Å². The first kappa shape index (κ1) is 12.9. The molecule has 0 bridgehead atoms. The lowest BCUT2D eigenvalue weighted by Gasteiger charge is -2.04. The van der Waals surface area contributed by atoms with Gasteiger partial charge in [0.1, 0.15) is 0 Å². The van der Waals surface area contributed by atoms with Crippen molar-refractivity contribution in [3.8, 4) is 0 Å². The van der Waals surface area contributed by atoms with Crippen molar-refractivity contribution in [2.45, 2.75) is 39.7 Å². The molecule has 0 aliphatic rings. The summed E-state index contributed by atoms with van der Waals surface area (Å²) in [5, 5.41) is 0. The molecule has 88 valence electrons. The van der Waals surface area contributed by atoms with Crippen LogP contribution in [0.1, 0.15) is 49.0 Å². The van der Waals surface area contributed by atoms with Crippen molar-refractivity contribution >= 4 is 5.78 Å². The zero-order valence-electron chi connectivity index (χ0n) is 10.2. The fourth-order valence-electron chi connectivity index (χ4n) is 1.64. The van der Waals surface area contributed by atoms with Gasteiger partial charge in [0.05, 0.1) is 0 Å². The van der Waals surface area contributed by atoms with Gasteiger partial charge in [-0.05, 0) is 17.9 Å². The van der Waals surface area contributed by atoms with Gasteiger partial charge >= 0.3 is 0 Å². The van der Waals surface area contributed by atoms with Gasteiger partial charge in [-0.3, -0.25) is 4.79 Å². The van der Waals surface area contributed by atoms with Gasteiger partial charge in [-0.15, -0.1) is 0 Å². The van der Waals surface area contributed by atoms with Crippen LogP contribution in [0.15, 0.2) is 24.3 Å². The Hall–Kier alpha value is -1.15. The zero-order valence-corrected chi connectivity index (χ0v) is 10.2. The third-order valence-electron chi connectivity index (χ3n) is 2.70. The van der Waals surface area contributed by atoms with Crippen LogP contribution in [0.2, 0.25) is 0 Å². The minimum atomic E-state index is 0.240. The topological polar surface area (TPSA) is 43.1 Å². The van der Waals surface area contributed by atoms with Crippen molar-refractivity contribution in [2.75, 3.05) is 0 Å². The first-order valence-corrected chi connectivity index (χ1v) is 5.95. The summed E-state index contributed by atoms with van der Waals surface area (Å²) < 4.78 is 0. The molecular formula is C14H21NO. The summed E-state index contributed by atoms with van der Waals surface area (Å²) in [5.41, 5.74) is 7.38. The second-order valence-corrected chi connectivity index (χ2v) is 4.61. The van der Waals surface area contributed by atoms with Crippen LogP contribution in [0, 0.1) is 5.92 Å². The Bertz CT molecular complexity index is 327. The molecule has 0 aliphatic carbocycles. The first-order valence-electron chi connectivity index (χ1n) is 5.95. The van der Waals surface area contributed by atoms with E-state index in [1.165, 1.54) is 0 Å². The Labute approximate surface area is 97.9 Å². The van der Waals surface area contributed by atoms with E-state index in [2.05, 4.69) is 13.8 Å². The Balaban J connectivity index is 2.46. The van der Waals surface area contributed by atoms with E-state index in [1.807, 2.05) is 24.3 Å². The number of carbonyl (C=O) groups is 1. The number of rotatable bonds is 6. The molecule has 0 saturated carbocycles. The van der Waals surface area contributed by atoms with Gasteiger partial charge in [-0.25, -0.2) is 0 Å². The van der Waals surface area contributed by atoms with Gasteiger partial charge in [0.25, 0.3) is 0 Å². The molecule has 16 heavy (non-hydrogen) atoms. The molecule has 0 heterocycles. The molecule has 1 aromatic rings. The predicted molar refractivity (Wildman–Crippen MR) is 67.4 cm³/mol. The molecule has 2 nitrogen and oxygen atoms in total. The maximum absolute atomic E-state index is 11.8. The molecule has 0 unspecified atom stereocenters. The fourth-order valence-corrected chi connectivity index (χ4v) is 1.64. The number of carbonyl (C=O) groups excluding carboxylic acids is 1. The van der Waals surface area contributed by atoms with Gasteiger partial charge in [-0.1, -0.05) is 44.5 Å². The highest BCUT2D eigenvalue weighted by atomic mass is 16.1. The van der Waals surface area contributed by atoms with E-state index in [1.54, 1.807) is 0 Å². The summed E-state index contributed by atoms with van der Waals surface area (Å²) >= 11 is 0. The SMILES string of the molecule is CC(C)CCCC(=O)c1ccc(CN)cc1. The van der Waals surface area contributed by atoms with E-state index in [0.29, 0.717) is 18.9 Å². The van der Waals surface area contributed by atoms with Gasteiger partial charge in [0, 0.05) is 18.5 Å². The van der Waals surface area contributed by atoms with Crippen LogP contribution in [-0.2, 0) is 6.54 Å². The molecule has 0 radical (unpaired) electrons. The molecule has 0 aliphatic heterocycles. The lowest BCUT2D eigenvalue weighted by molar-refractivity contribution is 0.0978. The number of ketones is 1. The summed E-state index contributed by atoms with van der Waals surface area (Å²) in [4.78, 5) is 11.8. The van der Waals surface area contributed by atoms with E-state index in [4.69, 9.17) is 5.73 Å². The zero-order chi connectivity index (χ0) is 12.0. The van der Waals surface area contributed by atoms with Crippen molar-refractivity contribution in [3.05, 3.63) is 35.4 Å². The lowest BCUT2D eigenvalue weighted by Crippen LogP contribution is -2.01. The number of hydrogen-bond donors (Lipinski definition) is 1. The summed E-state index contributed by atoms with van der Waals surface area (Å²) in [6.07, 6.45) is 2.75. The van der Waals surface area contributed by atoms with Gasteiger partial charge < -0.3 is 5.73 Å². The molecule has 0 fully saturated rings. The van der Waals surface area contributed by atoms with E-state index < -0.39 is 0 Å². The van der Waals surface area contributed by atoms with Crippen LogP contribution in [0.3, 0.4) is 0 Å². The monoisotopic (exact) mass is 219 g/mol. The molecule has 2 heteroatoms. The highest BCUT2D eigenvalue weighted by Crippen LogP contribution is 2.11. The summed E-state index contributed by atoms with van der Waals surface area (Å²) in [6.45, 7) is 4.89. The third kappa shape index (κ3) is 4.15. The molecule has 0 spiro atoms. The van der Waals surface area contributed by atoms with E-state index in [0.717, 1.165) is 24.0 Å². The summed E-state index contributed by atoms with van der Waals surface area (Å²) in [6, 6.07) is 7.60. The predicted octanol–water partition coefficient (Wildman–Crippen LogP) is 3.15. The molecule has 0 saturated heterocycles. The maximum Gasteiger partial charge on any atom is 0.162 e. The number of hydrogen-bond acceptors (Lipinski definition) is 2. The second-order valence-electron chi connectivity index (χ2n) is 4.61. The molecule has 2 N–H and O–H groups in total. The third-order valence-corrected chi connectivity index (χ3v) is 2.70. The Morgan fingerprint density at radius 1 is 1.25 bits per heavy atom. The van der Waals surface area contributed by atoms with E-state index in [-0.39, 0.29) is 5.78 Å². The Morgan fingerprint density at radius 2 is 1.88 bits per heavy atom. The van der Waals surface area contributed by atoms with Crippen LogP contribution < -0.4 is 5.73 Å². The van der Waals surface area contributed by atoms with Crippen LogP contribution in [0.4, 0.5) is 0 Å². The normalized spacial score (nSPS) is 10.8. The quantitative estimate of drug-likeness (QED) is 0.747. The van der Waals surface area contributed by atoms with Gasteiger partial charge in [0.15, 0.2) is 5.78 Å². The fraction of sp³-hybridized carbons (Fsp3) is 0.500. The number of benzene rings is 1. The van der Waals surface area contributed by atoms with Crippen molar-refractivity contribution in [1.82, 2.24) is 0 Å². The van der Waals surface area contributed by atoms with Crippen molar-refractivity contribution < 1.29 is 4.79 Å². The number of Topliss-reactive ketones (excluding diaryl/α,β-unsaturated/α-hetero) is 1. The smallest absolute Gasteiger partial charge is 0.162 e. The largest absolute Gasteiger partial charge is 0.326 e. The molecular weight excluding hydrogens is 198 g/mol. The first-order chi connectivity index (χ1) is 7.63. The average Bonchev–Trinajstić information content (AvgIpc) is 2.28. The van der Waals surface area contributed by atoms with Crippen LogP contribution in [-0.4, -0.2) is 5.78 Å². The van der Waals surface area contributed by atoms with Crippen LogP contribution in [0.25, 0.3) is 0 Å². The minimum absolute atomic E-state index is 0.240. The molecule has 0 aromatic heterocycles. The average molecular weight is 219 g/mol. The highest BCUT2D eigenvalue weighted by Gasteiger charge is 2.05. The van der Waals surface area contributed by atoms with Crippen LogP contribution >= 0.6 is 0 Å². The van der Waals surface area contributed by atoms with Crippen molar-refractivity contribution in [1.29, 1.82) is 0 Å². The van der Waals surface area contributed by atoms with Crippen LogP contribution in [0.5, 0.6) is 0 Å². The molecule has 1 aromatic carbocycles. The molecule has 1 rings (SSSR count). The summed E-state index contributed by atoms with van der Waals surface area (Å²) in [5.74, 6) is 0.914. The summed E-state index contributed by atoms with van der Waals surface area (Å²) in [7, 11) is 0. The van der Waals surface area contributed by atoms with Crippen molar-refractivity contribution in [2.24, 2.45) is 11.7 Å². The minimum Gasteiger partial charge on any atom is -0.326 e. The highest BCUT2D eigenvalue weighted by molar-refractivity contribution is 5.96. The lowest BCUT2D eigenvalue weighted by atomic mass is 10.0. The standard InChI is InChI=1S/C14H21NO/c1-11(2)4-3-5-14(16)13-8-6-12(10-15)7-9-13/h6-9,11H,3-5,10,15H2,1-2H3. The second kappa shape index (κ2) is 6.44. The molecule has 0 atom stereocenters. The number of nitrogens with two attached hydrogens (primary N) is 1. The maximum atomic E-state index is 11.8. The van der Waals surface area contributed by atoms with Gasteiger partial charge in [0.2, 0.25) is 0 Å².